The molecule has 0 aromatic carbocycles. The van der Waals surface area contributed by atoms with Crippen molar-refractivity contribution < 1.29 is 9.90 Å². The first-order chi connectivity index (χ1) is 7.68. The number of carboxylic acid groups (broad SMARTS) is 1. The number of hydrogen-bond acceptors (Lipinski definition) is 4. The van der Waals surface area contributed by atoms with Gasteiger partial charge >= 0.3 is 5.97 Å². The van der Waals surface area contributed by atoms with Crippen LogP contribution in [0.25, 0.3) is 4.96 Å². The van der Waals surface area contributed by atoms with Gasteiger partial charge in [-0.2, -0.15) is 0 Å². The second-order valence-corrected chi connectivity index (χ2v) is 4.86. The molecule has 0 amide bonds. The number of nitrogens with zero attached hydrogens (tertiary/aromatic N) is 3. The van der Waals surface area contributed by atoms with E-state index in [1.165, 1.54) is 11.3 Å². The molecule has 2 aromatic rings. The van der Waals surface area contributed by atoms with Crippen LogP contribution < -0.4 is 4.90 Å². The van der Waals surface area contributed by atoms with Crippen LogP contribution in [0.3, 0.4) is 0 Å². The normalized spacial score (nSPS) is 15.6. The van der Waals surface area contributed by atoms with Crippen LogP contribution in [-0.2, 0) is 0 Å². The second-order valence-electron chi connectivity index (χ2n) is 3.99. The minimum absolute atomic E-state index is 0.269. The van der Waals surface area contributed by atoms with Gasteiger partial charge in [0, 0.05) is 24.7 Å². The fourth-order valence-corrected chi connectivity index (χ4v) is 2.56. The largest absolute Gasteiger partial charge is 0.476 e. The molecular formula is C10H11N3O2S. The van der Waals surface area contributed by atoms with E-state index in [4.69, 9.17) is 0 Å². The predicted molar refractivity (Wildman–Crippen MR) is 61.5 cm³/mol. The second kappa shape index (κ2) is 3.21. The maximum Gasteiger partial charge on any atom is 0.356 e. The molecule has 3 rings (SSSR count). The highest BCUT2D eigenvalue weighted by Gasteiger charge is 2.31. The summed E-state index contributed by atoms with van der Waals surface area (Å²) in [4.78, 5) is 18.4. The summed E-state index contributed by atoms with van der Waals surface area (Å²) < 4.78 is 1.64. The first-order valence-electron chi connectivity index (χ1n) is 5.10. The fraction of sp³-hybridized carbons (Fsp3) is 0.400. The van der Waals surface area contributed by atoms with E-state index in [2.05, 4.69) is 4.98 Å². The van der Waals surface area contributed by atoms with Gasteiger partial charge in [0.1, 0.15) is 0 Å². The maximum absolute atomic E-state index is 11.3. The molecule has 1 aliphatic rings. The molecule has 5 nitrogen and oxygen atoms in total. The standard InChI is InChI=1S/C10H11N3O2S/c1-12(6-2-3-6)8-7(9(14)15)13-4-5-16-10(13)11-8/h4-6H,2-3H2,1H3,(H,14,15). The monoisotopic (exact) mass is 237 g/mol. The summed E-state index contributed by atoms with van der Waals surface area (Å²) in [6.45, 7) is 0. The molecule has 1 fully saturated rings. The number of carbonyl (C=O) groups is 1. The number of anilines is 1. The van der Waals surface area contributed by atoms with E-state index in [1.54, 1.807) is 10.6 Å². The lowest BCUT2D eigenvalue weighted by Gasteiger charge is -2.15. The van der Waals surface area contributed by atoms with E-state index in [1.807, 2.05) is 17.3 Å². The van der Waals surface area contributed by atoms with Crippen molar-refractivity contribution in [1.82, 2.24) is 9.38 Å². The molecule has 1 aliphatic carbocycles. The Hall–Kier alpha value is -1.56. The zero-order valence-corrected chi connectivity index (χ0v) is 9.57. The lowest BCUT2D eigenvalue weighted by molar-refractivity contribution is 0.0690. The van der Waals surface area contributed by atoms with Crippen LogP contribution in [-0.4, -0.2) is 33.6 Å². The zero-order valence-electron chi connectivity index (χ0n) is 8.75. The highest BCUT2D eigenvalue weighted by Crippen LogP contribution is 2.32. The van der Waals surface area contributed by atoms with Crippen molar-refractivity contribution in [3.8, 4) is 0 Å². The van der Waals surface area contributed by atoms with Gasteiger partial charge in [-0.15, -0.1) is 11.3 Å². The molecule has 0 radical (unpaired) electrons. The molecule has 2 aromatic heterocycles. The molecule has 2 heterocycles. The number of carboxylic acids is 1. The summed E-state index contributed by atoms with van der Waals surface area (Å²) in [6.07, 6.45) is 4.00. The SMILES string of the molecule is CN(c1nc2sccn2c1C(=O)O)C1CC1. The summed E-state index contributed by atoms with van der Waals surface area (Å²) in [5, 5.41) is 11.1. The summed E-state index contributed by atoms with van der Waals surface area (Å²) in [6, 6.07) is 0.461. The van der Waals surface area contributed by atoms with Crippen LogP contribution in [0.15, 0.2) is 11.6 Å². The first kappa shape index (κ1) is 9.65. The third-order valence-corrected chi connectivity index (χ3v) is 3.63. The minimum Gasteiger partial charge on any atom is -0.476 e. The van der Waals surface area contributed by atoms with Crippen molar-refractivity contribution in [1.29, 1.82) is 0 Å². The van der Waals surface area contributed by atoms with Gasteiger partial charge in [-0.3, -0.25) is 4.40 Å². The number of rotatable bonds is 3. The summed E-state index contributed by atoms with van der Waals surface area (Å²) >= 11 is 1.45. The predicted octanol–water partition coefficient (Wildman–Crippen LogP) is 1.69. The molecule has 0 spiro atoms. The van der Waals surface area contributed by atoms with Gasteiger partial charge < -0.3 is 10.0 Å². The highest BCUT2D eigenvalue weighted by molar-refractivity contribution is 7.15. The topological polar surface area (TPSA) is 57.8 Å². The van der Waals surface area contributed by atoms with Crippen LogP contribution >= 0.6 is 11.3 Å². The molecule has 84 valence electrons. The molecule has 0 aliphatic heterocycles. The average molecular weight is 237 g/mol. The Labute approximate surface area is 95.9 Å². The molecule has 6 heteroatoms. The van der Waals surface area contributed by atoms with Crippen LogP contribution in [0.2, 0.25) is 0 Å². The summed E-state index contributed by atoms with van der Waals surface area (Å²) in [7, 11) is 1.91. The van der Waals surface area contributed by atoms with Crippen LogP contribution in [0.1, 0.15) is 23.3 Å². The van der Waals surface area contributed by atoms with E-state index in [0.717, 1.165) is 17.8 Å². The number of fused-ring (bicyclic) bond motifs is 1. The number of thiazole rings is 1. The van der Waals surface area contributed by atoms with E-state index in [9.17, 15) is 9.90 Å². The van der Waals surface area contributed by atoms with E-state index < -0.39 is 5.97 Å². The molecule has 0 unspecified atom stereocenters. The third-order valence-electron chi connectivity index (χ3n) is 2.87. The van der Waals surface area contributed by atoms with Gasteiger partial charge in [-0.25, -0.2) is 9.78 Å². The minimum atomic E-state index is -0.923. The van der Waals surface area contributed by atoms with Gasteiger partial charge in [-0.1, -0.05) is 0 Å². The highest BCUT2D eigenvalue weighted by atomic mass is 32.1. The number of hydrogen-bond donors (Lipinski definition) is 1. The molecule has 0 bridgehead atoms. The Balaban J connectivity index is 2.17. The third kappa shape index (κ3) is 1.30. The van der Waals surface area contributed by atoms with Crippen molar-refractivity contribution in [3.63, 3.8) is 0 Å². The van der Waals surface area contributed by atoms with Gasteiger partial charge in [0.15, 0.2) is 16.5 Å². The molecule has 16 heavy (non-hydrogen) atoms. The Morgan fingerprint density at radius 2 is 2.44 bits per heavy atom. The van der Waals surface area contributed by atoms with Crippen LogP contribution in [0, 0.1) is 0 Å². The molecule has 0 saturated heterocycles. The average Bonchev–Trinajstić information content (AvgIpc) is 2.86. The first-order valence-corrected chi connectivity index (χ1v) is 5.98. The molecular weight excluding hydrogens is 226 g/mol. The lowest BCUT2D eigenvalue weighted by Crippen LogP contribution is -2.22. The maximum atomic E-state index is 11.3. The van der Waals surface area contributed by atoms with Crippen molar-refractivity contribution in [2.45, 2.75) is 18.9 Å². The van der Waals surface area contributed by atoms with Gasteiger partial charge in [0.05, 0.1) is 0 Å². The Bertz CT molecular complexity index is 555. The van der Waals surface area contributed by atoms with Crippen molar-refractivity contribution in [3.05, 3.63) is 17.3 Å². The summed E-state index contributed by atoms with van der Waals surface area (Å²) in [5.74, 6) is -0.338. The van der Waals surface area contributed by atoms with Gasteiger partial charge in [-0.05, 0) is 12.8 Å². The number of imidazole rings is 1. The molecule has 1 saturated carbocycles. The van der Waals surface area contributed by atoms with Crippen molar-refractivity contribution in [2.75, 3.05) is 11.9 Å². The lowest BCUT2D eigenvalue weighted by atomic mass is 10.4. The zero-order chi connectivity index (χ0) is 11.3. The van der Waals surface area contributed by atoms with E-state index >= 15 is 0 Å². The quantitative estimate of drug-likeness (QED) is 0.882. The van der Waals surface area contributed by atoms with Crippen LogP contribution in [0.5, 0.6) is 0 Å². The van der Waals surface area contributed by atoms with Crippen molar-refractivity contribution in [2.24, 2.45) is 0 Å². The smallest absolute Gasteiger partial charge is 0.356 e. The van der Waals surface area contributed by atoms with E-state index in [-0.39, 0.29) is 5.69 Å². The van der Waals surface area contributed by atoms with E-state index in [0.29, 0.717) is 11.9 Å². The Morgan fingerprint density at radius 1 is 1.69 bits per heavy atom. The van der Waals surface area contributed by atoms with Gasteiger partial charge in [0.25, 0.3) is 0 Å². The number of aromatic carboxylic acids is 1. The van der Waals surface area contributed by atoms with Gasteiger partial charge in [0.2, 0.25) is 0 Å². The summed E-state index contributed by atoms with van der Waals surface area (Å²) in [5.41, 5.74) is 0.269. The Morgan fingerprint density at radius 3 is 3.06 bits per heavy atom. The molecule has 1 N–H and O–H groups in total. The van der Waals surface area contributed by atoms with Crippen LogP contribution in [0.4, 0.5) is 5.82 Å². The fourth-order valence-electron chi connectivity index (χ4n) is 1.85. The molecule has 0 atom stereocenters. The number of aromatic nitrogens is 2. The van der Waals surface area contributed by atoms with Crippen molar-refractivity contribution >= 4 is 28.1 Å². The Kier molecular flexibility index (Phi) is 1.94.